The van der Waals surface area contributed by atoms with E-state index in [-0.39, 0.29) is 0 Å². The molecule has 4 rings (SSSR count). The van der Waals surface area contributed by atoms with Crippen molar-refractivity contribution in [2.45, 2.75) is 6.04 Å². The van der Waals surface area contributed by atoms with Crippen LogP contribution in [0.25, 0.3) is 0 Å². The van der Waals surface area contributed by atoms with Crippen LogP contribution in [0.15, 0.2) is 53.5 Å². The van der Waals surface area contributed by atoms with Gasteiger partial charge in [0.25, 0.3) is 0 Å². The first-order valence-electron chi connectivity index (χ1n) is 7.57. The monoisotopic (exact) mass is 312 g/mol. The highest BCUT2D eigenvalue weighted by Gasteiger charge is 2.29. The summed E-state index contributed by atoms with van der Waals surface area (Å²) in [4.78, 5) is 7.31. The summed E-state index contributed by atoms with van der Waals surface area (Å²) >= 11 is 6.26. The smallest absolute Gasteiger partial charge is 0.0741 e. The highest BCUT2D eigenvalue weighted by atomic mass is 35.5. The number of hydrogen-bond donors (Lipinski definition) is 0. The number of ether oxygens (including phenoxy) is 1. The van der Waals surface area contributed by atoms with E-state index in [0.29, 0.717) is 6.04 Å². The third-order valence-corrected chi connectivity index (χ3v) is 4.49. The lowest BCUT2D eigenvalue weighted by Gasteiger charge is -2.36. The minimum atomic E-state index is 0.301. The van der Waals surface area contributed by atoms with Gasteiger partial charge in [0.05, 0.1) is 31.5 Å². The first kappa shape index (κ1) is 13.8. The standard InChI is InChI=1S/C18H17ClN2O/c19-14-6-7-17-16(10-14)18(13-4-2-1-3-5-13)20-11-15-12-22-9-8-21(15)17/h1-7,10,15H,8-9,11-12H2. The van der Waals surface area contributed by atoms with Crippen LogP contribution in [0.3, 0.4) is 0 Å². The van der Waals surface area contributed by atoms with Crippen molar-refractivity contribution in [1.29, 1.82) is 0 Å². The molecule has 2 aromatic carbocycles. The Morgan fingerprint density at radius 1 is 1.14 bits per heavy atom. The predicted molar refractivity (Wildman–Crippen MR) is 90.4 cm³/mol. The van der Waals surface area contributed by atoms with E-state index < -0.39 is 0 Å². The molecule has 0 bridgehead atoms. The first-order valence-corrected chi connectivity index (χ1v) is 7.95. The number of anilines is 1. The van der Waals surface area contributed by atoms with Gasteiger partial charge in [-0.1, -0.05) is 41.9 Å². The summed E-state index contributed by atoms with van der Waals surface area (Å²) < 4.78 is 5.64. The zero-order valence-corrected chi connectivity index (χ0v) is 13.0. The van der Waals surface area contributed by atoms with E-state index in [1.807, 2.05) is 30.3 Å². The maximum atomic E-state index is 6.26. The van der Waals surface area contributed by atoms with Crippen LogP contribution in [0.1, 0.15) is 11.1 Å². The van der Waals surface area contributed by atoms with E-state index in [1.54, 1.807) is 0 Å². The van der Waals surface area contributed by atoms with E-state index in [2.05, 4.69) is 23.1 Å². The fourth-order valence-electron chi connectivity index (χ4n) is 3.20. The van der Waals surface area contributed by atoms with Gasteiger partial charge in [0.2, 0.25) is 0 Å². The van der Waals surface area contributed by atoms with Crippen molar-refractivity contribution in [3.63, 3.8) is 0 Å². The maximum Gasteiger partial charge on any atom is 0.0741 e. The topological polar surface area (TPSA) is 24.8 Å². The Kier molecular flexibility index (Phi) is 3.60. The van der Waals surface area contributed by atoms with Crippen molar-refractivity contribution in [1.82, 2.24) is 0 Å². The molecule has 0 aromatic heterocycles. The second-order valence-corrected chi connectivity index (χ2v) is 6.08. The average Bonchev–Trinajstić information content (AvgIpc) is 2.72. The molecule has 1 atom stereocenters. The molecule has 22 heavy (non-hydrogen) atoms. The molecule has 0 spiro atoms. The lowest BCUT2D eigenvalue weighted by atomic mass is 10.00. The number of benzene rings is 2. The van der Waals surface area contributed by atoms with E-state index in [1.165, 1.54) is 5.69 Å². The average molecular weight is 313 g/mol. The van der Waals surface area contributed by atoms with Crippen molar-refractivity contribution >= 4 is 23.0 Å². The largest absolute Gasteiger partial charge is 0.377 e. The van der Waals surface area contributed by atoms with Gasteiger partial charge in [0, 0.05) is 28.4 Å². The second-order valence-electron chi connectivity index (χ2n) is 5.64. The maximum absolute atomic E-state index is 6.26. The number of morpholine rings is 1. The molecule has 2 aliphatic heterocycles. The van der Waals surface area contributed by atoms with E-state index >= 15 is 0 Å². The molecule has 2 aliphatic rings. The Labute approximate surface area is 135 Å². The molecule has 0 amide bonds. The van der Waals surface area contributed by atoms with Crippen LogP contribution in [0.2, 0.25) is 5.02 Å². The molecule has 1 saturated heterocycles. The van der Waals surface area contributed by atoms with E-state index in [4.69, 9.17) is 21.3 Å². The molecule has 112 valence electrons. The van der Waals surface area contributed by atoms with Crippen molar-refractivity contribution in [3.8, 4) is 0 Å². The molecule has 1 unspecified atom stereocenters. The van der Waals surface area contributed by atoms with Crippen molar-refractivity contribution in [3.05, 3.63) is 64.7 Å². The summed E-state index contributed by atoms with van der Waals surface area (Å²) in [5.74, 6) is 0. The Hall–Kier alpha value is -1.84. The molecule has 1 fully saturated rings. The van der Waals surface area contributed by atoms with Gasteiger partial charge in [-0.25, -0.2) is 0 Å². The van der Waals surface area contributed by atoms with Gasteiger partial charge in [0.15, 0.2) is 0 Å². The van der Waals surface area contributed by atoms with Crippen LogP contribution in [0.4, 0.5) is 5.69 Å². The van der Waals surface area contributed by atoms with E-state index in [9.17, 15) is 0 Å². The normalized spacial score (nSPS) is 20.7. The van der Waals surface area contributed by atoms with Crippen LogP contribution in [0.5, 0.6) is 0 Å². The quantitative estimate of drug-likeness (QED) is 0.806. The van der Waals surface area contributed by atoms with Crippen LogP contribution in [0, 0.1) is 0 Å². The number of hydrogen-bond acceptors (Lipinski definition) is 3. The van der Waals surface area contributed by atoms with Gasteiger partial charge in [-0.15, -0.1) is 0 Å². The van der Waals surface area contributed by atoms with Crippen LogP contribution >= 0.6 is 11.6 Å². The number of halogens is 1. The fraction of sp³-hybridized carbons (Fsp3) is 0.278. The summed E-state index contributed by atoms with van der Waals surface area (Å²) in [6.07, 6.45) is 0. The Morgan fingerprint density at radius 3 is 2.86 bits per heavy atom. The third kappa shape index (κ3) is 2.40. The molecule has 0 aliphatic carbocycles. The number of nitrogens with zero attached hydrogens (tertiary/aromatic N) is 2. The zero-order valence-electron chi connectivity index (χ0n) is 12.2. The second kappa shape index (κ2) is 5.75. The molecule has 3 nitrogen and oxygen atoms in total. The predicted octanol–water partition coefficient (Wildman–Crippen LogP) is 3.40. The number of fused-ring (bicyclic) bond motifs is 3. The van der Waals surface area contributed by atoms with E-state index in [0.717, 1.165) is 48.2 Å². The molecule has 4 heteroatoms. The Morgan fingerprint density at radius 2 is 2.00 bits per heavy atom. The van der Waals surface area contributed by atoms with Crippen molar-refractivity contribution < 1.29 is 4.74 Å². The van der Waals surface area contributed by atoms with Gasteiger partial charge in [-0.2, -0.15) is 0 Å². The molecular weight excluding hydrogens is 296 g/mol. The fourth-order valence-corrected chi connectivity index (χ4v) is 3.37. The molecule has 0 N–H and O–H groups in total. The van der Waals surface area contributed by atoms with Gasteiger partial charge < -0.3 is 9.64 Å². The minimum absolute atomic E-state index is 0.301. The van der Waals surface area contributed by atoms with Crippen molar-refractivity contribution in [2.75, 3.05) is 31.2 Å². The Bertz CT molecular complexity index is 714. The van der Waals surface area contributed by atoms with Gasteiger partial charge in [-0.05, 0) is 18.2 Å². The van der Waals surface area contributed by atoms with Crippen molar-refractivity contribution in [2.24, 2.45) is 4.99 Å². The van der Waals surface area contributed by atoms with Gasteiger partial charge >= 0.3 is 0 Å². The lowest BCUT2D eigenvalue weighted by molar-refractivity contribution is 0.0966. The molecular formula is C18H17ClN2O. The minimum Gasteiger partial charge on any atom is -0.377 e. The number of rotatable bonds is 1. The van der Waals surface area contributed by atoms with Crippen LogP contribution in [-0.2, 0) is 4.74 Å². The van der Waals surface area contributed by atoms with Crippen LogP contribution < -0.4 is 4.90 Å². The molecule has 0 radical (unpaired) electrons. The summed E-state index contributed by atoms with van der Waals surface area (Å²) in [6.45, 7) is 3.14. The molecule has 2 heterocycles. The summed E-state index contributed by atoms with van der Waals surface area (Å²) in [6, 6.07) is 16.7. The summed E-state index contributed by atoms with van der Waals surface area (Å²) in [5, 5.41) is 0.745. The summed E-state index contributed by atoms with van der Waals surface area (Å²) in [5.41, 5.74) is 4.47. The Balaban J connectivity index is 1.88. The lowest BCUT2D eigenvalue weighted by Crippen LogP contribution is -2.47. The first-order chi connectivity index (χ1) is 10.8. The molecule has 0 saturated carbocycles. The zero-order chi connectivity index (χ0) is 14.9. The van der Waals surface area contributed by atoms with Crippen LogP contribution in [-0.4, -0.2) is 38.1 Å². The molecule has 2 aromatic rings. The number of aliphatic imine (C=N–C) groups is 1. The third-order valence-electron chi connectivity index (χ3n) is 4.26. The highest BCUT2D eigenvalue weighted by Crippen LogP contribution is 2.32. The van der Waals surface area contributed by atoms with Gasteiger partial charge in [-0.3, -0.25) is 4.99 Å². The van der Waals surface area contributed by atoms with Gasteiger partial charge in [0.1, 0.15) is 0 Å². The summed E-state index contributed by atoms with van der Waals surface area (Å²) in [7, 11) is 0. The SMILES string of the molecule is Clc1ccc2c(c1)C(c1ccccc1)=NCC1COCCN21. The highest BCUT2D eigenvalue weighted by molar-refractivity contribution is 6.31.